The smallest absolute Gasteiger partial charge is 0.268 e. The van der Waals surface area contributed by atoms with Gasteiger partial charge in [0.15, 0.2) is 0 Å². The quantitative estimate of drug-likeness (QED) is 0.796. The first-order valence-corrected chi connectivity index (χ1v) is 3.81. The zero-order valence-corrected chi connectivity index (χ0v) is 7.15. The average Bonchev–Trinajstić information content (AvgIpc) is 2.04. The normalized spacial score (nSPS) is 10.9. The molecule has 5 heteroatoms. The number of hydrogen-bond donors (Lipinski definition) is 1. The van der Waals surface area contributed by atoms with E-state index in [-0.39, 0.29) is 10.6 Å². The summed E-state index contributed by atoms with van der Waals surface area (Å²) in [4.78, 5) is 0. The second-order valence-corrected chi connectivity index (χ2v) is 2.80. The molecule has 1 N–H and O–H groups in total. The van der Waals surface area contributed by atoms with Gasteiger partial charge in [0.25, 0.3) is 6.43 Å². The molecular weight excluding hydrogens is 205 g/mol. The van der Waals surface area contributed by atoms with Crippen LogP contribution in [0.1, 0.15) is 17.6 Å². The number of hydrogen-bond acceptors (Lipinski definition) is 1. The summed E-state index contributed by atoms with van der Waals surface area (Å²) in [5.74, 6) is -1.13. The molecule has 1 aromatic carbocycles. The fraction of sp³-hybridized carbons (Fsp3) is 0.250. The van der Waals surface area contributed by atoms with Crippen molar-refractivity contribution in [3.8, 4) is 0 Å². The highest BCUT2D eigenvalue weighted by Crippen LogP contribution is 2.31. The summed E-state index contributed by atoms with van der Waals surface area (Å²) in [5, 5.41) is 8.26. The highest BCUT2D eigenvalue weighted by Gasteiger charge is 2.19. The van der Waals surface area contributed by atoms with Crippen LogP contribution in [0.4, 0.5) is 13.2 Å². The van der Waals surface area contributed by atoms with Gasteiger partial charge in [-0.2, -0.15) is 0 Å². The molecule has 0 spiro atoms. The van der Waals surface area contributed by atoms with Crippen molar-refractivity contribution >= 4 is 11.6 Å². The molecule has 0 atom stereocenters. The van der Waals surface area contributed by atoms with E-state index >= 15 is 0 Å². The Hall–Kier alpha value is -0.740. The molecule has 0 fully saturated rings. The van der Waals surface area contributed by atoms with E-state index in [0.717, 1.165) is 6.07 Å². The molecule has 0 heterocycles. The van der Waals surface area contributed by atoms with Crippen LogP contribution in [0.5, 0.6) is 0 Å². The van der Waals surface area contributed by atoms with Gasteiger partial charge in [-0.3, -0.25) is 0 Å². The standard InChI is InChI=1S/C8H6ClF3O/c9-5-2-1-4(3-13)7(10)6(5)8(11)12/h1-2,8,13H,3H2. The van der Waals surface area contributed by atoms with Crippen LogP contribution in [0.3, 0.4) is 0 Å². The maximum absolute atomic E-state index is 13.1. The second kappa shape index (κ2) is 3.98. The van der Waals surface area contributed by atoms with Crippen LogP contribution in [-0.2, 0) is 6.61 Å². The van der Waals surface area contributed by atoms with Crippen LogP contribution in [0.2, 0.25) is 5.02 Å². The Morgan fingerprint density at radius 2 is 2.00 bits per heavy atom. The molecule has 0 aliphatic rings. The molecule has 0 unspecified atom stereocenters. The molecule has 1 rings (SSSR count). The van der Waals surface area contributed by atoms with Crippen molar-refractivity contribution in [1.29, 1.82) is 0 Å². The van der Waals surface area contributed by atoms with Crippen LogP contribution in [-0.4, -0.2) is 5.11 Å². The van der Waals surface area contributed by atoms with Gasteiger partial charge in [-0.15, -0.1) is 0 Å². The van der Waals surface area contributed by atoms with E-state index in [1.165, 1.54) is 6.07 Å². The highest BCUT2D eigenvalue weighted by molar-refractivity contribution is 6.31. The second-order valence-electron chi connectivity index (χ2n) is 2.39. The first kappa shape index (κ1) is 10.3. The fourth-order valence-corrected chi connectivity index (χ4v) is 1.17. The number of aliphatic hydroxyl groups is 1. The lowest BCUT2D eigenvalue weighted by molar-refractivity contribution is 0.145. The third kappa shape index (κ3) is 1.95. The zero-order chi connectivity index (χ0) is 10.0. The van der Waals surface area contributed by atoms with E-state index in [1.54, 1.807) is 0 Å². The van der Waals surface area contributed by atoms with Crippen molar-refractivity contribution in [1.82, 2.24) is 0 Å². The van der Waals surface area contributed by atoms with Gasteiger partial charge >= 0.3 is 0 Å². The van der Waals surface area contributed by atoms with E-state index in [4.69, 9.17) is 16.7 Å². The van der Waals surface area contributed by atoms with Crippen molar-refractivity contribution in [2.24, 2.45) is 0 Å². The van der Waals surface area contributed by atoms with Gasteiger partial charge < -0.3 is 5.11 Å². The summed E-state index contributed by atoms with van der Waals surface area (Å²) in [6.07, 6.45) is -2.97. The summed E-state index contributed by atoms with van der Waals surface area (Å²) in [6.45, 7) is -0.622. The van der Waals surface area contributed by atoms with Crippen molar-refractivity contribution < 1.29 is 18.3 Å². The Balaban J connectivity index is 3.30. The minimum atomic E-state index is -2.97. The number of halogens is 4. The Morgan fingerprint density at radius 3 is 2.46 bits per heavy atom. The molecule has 0 saturated heterocycles. The molecule has 1 aromatic rings. The Kier molecular flexibility index (Phi) is 3.17. The van der Waals surface area contributed by atoms with Crippen LogP contribution in [0.25, 0.3) is 0 Å². The van der Waals surface area contributed by atoms with E-state index in [0.29, 0.717) is 0 Å². The van der Waals surface area contributed by atoms with Crippen molar-refractivity contribution in [3.63, 3.8) is 0 Å². The third-order valence-electron chi connectivity index (χ3n) is 1.60. The van der Waals surface area contributed by atoms with Crippen LogP contribution < -0.4 is 0 Å². The summed E-state index contributed by atoms with van der Waals surface area (Å²) < 4.78 is 37.5. The highest BCUT2D eigenvalue weighted by atomic mass is 35.5. The van der Waals surface area contributed by atoms with Crippen molar-refractivity contribution in [3.05, 3.63) is 34.1 Å². The molecule has 0 radical (unpaired) electrons. The van der Waals surface area contributed by atoms with Gasteiger partial charge in [0, 0.05) is 5.56 Å². The summed E-state index contributed by atoms with van der Waals surface area (Å²) >= 11 is 5.35. The summed E-state index contributed by atoms with van der Waals surface area (Å²) in [7, 11) is 0. The van der Waals surface area contributed by atoms with Gasteiger partial charge in [-0.25, -0.2) is 13.2 Å². The summed E-state index contributed by atoms with van der Waals surface area (Å²) in [6, 6.07) is 2.31. The van der Waals surface area contributed by atoms with Crippen LogP contribution in [0, 0.1) is 5.82 Å². The molecule has 0 aliphatic heterocycles. The van der Waals surface area contributed by atoms with Gasteiger partial charge in [-0.1, -0.05) is 17.7 Å². The van der Waals surface area contributed by atoms with Gasteiger partial charge in [-0.05, 0) is 6.07 Å². The molecule has 13 heavy (non-hydrogen) atoms. The maximum atomic E-state index is 13.1. The predicted molar refractivity (Wildman–Crippen MR) is 42.3 cm³/mol. The summed E-state index contributed by atoms with van der Waals surface area (Å²) in [5.41, 5.74) is -1.03. The molecule has 72 valence electrons. The lowest BCUT2D eigenvalue weighted by atomic mass is 10.1. The minimum absolute atomic E-state index is 0.181. The molecule has 1 nitrogen and oxygen atoms in total. The largest absolute Gasteiger partial charge is 0.392 e. The Bertz CT molecular complexity index is 315. The zero-order valence-electron chi connectivity index (χ0n) is 6.40. The molecule has 0 amide bonds. The first-order chi connectivity index (χ1) is 6.07. The lowest BCUT2D eigenvalue weighted by Gasteiger charge is -2.07. The van der Waals surface area contributed by atoms with E-state index < -0.39 is 24.4 Å². The van der Waals surface area contributed by atoms with Gasteiger partial charge in [0.1, 0.15) is 5.82 Å². The lowest BCUT2D eigenvalue weighted by Crippen LogP contribution is -1.98. The van der Waals surface area contributed by atoms with Crippen LogP contribution >= 0.6 is 11.6 Å². The average molecular weight is 211 g/mol. The van der Waals surface area contributed by atoms with Gasteiger partial charge in [0.2, 0.25) is 0 Å². The molecular formula is C8H6ClF3O. The van der Waals surface area contributed by atoms with Crippen LogP contribution in [0.15, 0.2) is 12.1 Å². The number of alkyl halides is 2. The maximum Gasteiger partial charge on any atom is 0.268 e. The SMILES string of the molecule is OCc1ccc(Cl)c(C(F)F)c1F. The Labute approximate surface area is 77.8 Å². The minimum Gasteiger partial charge on any atom is -0.392 e. The molecule has 0 bridgehead atoms. The predicted octanol–water partition coefficient (Wildman–Crippen LogP) is 2.91. The van der Waals surface area contributed by atoms with Crippen molar-refractivity contribution in [2.75, 3.05) is 0 Å². The first-order valence-electron chi connectivity index (χ1n) is 3.43. The van der Waals surface area contributed by atoms with E-state index in [9.17, 15) is 13.2 Å². The topological polar surface area (TPSA) is 20.2 Å². The Morgan fingerprint density at radius 1 is 1.38 bits per heavy atom. The number of aliphatic hydroxyl groups excluding tert-OH is 1. The van der Waals surface area contributed by atoms with E-state index in [2.05, 4.69) is 0 Å². The molecule has 0 aromatic heterocycles. The number of rotatable bonds is 2. The third-order valence-corrected chi connectivity index (χ3v) is 1.92. The molecule has 0 aliphatic carbocycles. The number of benzene rings is 1. The monoisotopic (exact) mass is 210 g/mol. The molecule has 0 saturated carbocycles. The van der Waals surface area contributed by atoms with Gasteiger partial charge in [0.05, 0.1) is 17.2 Å². The van der Waals surface area contributed by atoms with E-state index in [1.807, 2.05) is 0 Å². The van der Waals surface area contributed by atoms with Crippen molar-refractivity contribution in [2.45, 2.75) is 13.0 Å². The fourth-order valence-electron chi connectivity index (χ4n) is 0.937.